The Morgan fingerprint density at radius 2 is 2.29 bits per heavy atom. The summed E-state index contributed by atoms with van der Waals surface area (Å²) in [7, 11) is 0. The van der Waals surface area contributed by atoms with Gasteiger partial charge >= 0.3 is 0 Å². The van der Waals surface area contributed by atoms with Crippen LogP contribution in [0, 0.1) is 11.3 Å². The van der Waals surface area contributed by atoms with E-state index in [1.54, 1.807) is 0 Å². The van der Waals surface area contributed by atoms with E-state index in [4.69, 9.17) is 5.26 Å². The Hall–Kier alpha value is -1.49. The van der Waals surface area contributed by atoms with Crippen LogP contribution < -0.4 is 5.32 Å². The van der Waals surface area contributed by atoms with E-state index in [-0.39, 0.29) is 0 Å². The molecule has 2 nitrogen and oxygen atoms in total. The third-order valence-corrected chi connectivity index (χ3v) is 2.13. The molecule has 14 heavy (non-hydrogen) atoms. The van der Waals surface area contributed by atoms with E-state index >= 15 is 0 Å². The van der Waals surface area contributed by atoms with Crippen LogP contribution in [-0.4, -0.2) is 6.04 Å². The van der Waals surface area contributed by atoms with Gasteiger partial charge in [-0.05, 0) is 31.5 Å². The van der Waals surface area contributed by atoms with Crippen molar-refractivity contribution in [2.24, 2.45) is 0 Å². The van der Waals surface area contributed by atoms with E-state index in [0.717, 1.165) is 12.1 Å². The van der Waals surface area contributed by atoms with Crippen molar-refractivity contribution in [1.82, 2.24) is 0 Å². The second-order valence-corrected chi connectivity index (χ2v) is 3.53. The van der Waals surface area contributed by atoms with Crippen molar-refractivity contribution in [2.75, 3.05) is 5.32 Å². The number of hydrogen-bond acceptors (Lipinski definition) is 2. The molecule has 0 aliphatic heterocycles. The van der Waals surface area contributed by atoms with E-state index in [1.807, 2.05) is 24.3 Å². The highest BCUT2D eigenvalue weighted by atomic mass is 14.9. The number of nitrogens with one attached hydrogen (secondary N) is 1. The maximum atomic E-state index is 8.72. The summed E-state index contributed by atoms with van der Waals surface area (Å²) in [6, 6.07) is 10.2. The molecular weight excluding hydrogens is 172 g/mol. The predicted molar refractivity (Wildman–Crippen MR) is 59.1 cm³/mol. The van der Waals surface area contributed by atoms with Crippen molar-refractivity contribution in [1.29, 1.82) is 5.26 Å². The number of rotatable bonds is 4. The first-order chi connectivity index (χ1) is 6.76. The molecular formula is C12H16N2. The van der Waals surface area contributed by atoms with Crippen molar-refractivity contribution in [3.63, 3.8) is 0 Å². The molecule has 0 radical (unpaired) electrons. The van der Waals surface area contributed by atoms with Crippen molar-refractivity contribution in [2.45, 2.75) is 32.7 Å². The van der Waals surface area contributed by atoms with Gasteiger partial charge in [0.05, 0.1) is 11.6 Å². The van der Waals surface area contributed by atoms with Gasteiger partial charge in [-0.15, -0.1) is 0 Å². The van der Waals surface area contributed by atoms with E-state index < -0.39 is 0 Å². The van der Waals surface area contributed by atoms with Crippen LogP contribution in [0.5, 0.6) is 0 Å². The summed E-state index contributed by atoms with van der Waals surface area (Å²) in [6.45, 7) is 4.33. The number of anilines is 1. The lowest BCUT2D eigenvalue weighted by atomic mass is 10.1. The van der Waals surface area contributed by atoms with E-state index in [1.165, 1.54) is 6.42 Å². The first-order valence-electron chi connectivity index (χ1n) is 5.03. The van der Waals surface area contributed by atoms with E-state index in [0.29, 0.717) is 11.6 Å². The lowest BCUT2D eigenvalue weighted by Gasteiger charge is -2.13. The third kappa shape index (κ3) is 3.10. The van der Waals surface area contributed by atoms with Crippen LogP contribution in [-0.2, 0) is 0 Å². The van der Waals surface area contributed by atoms with Crippen LogP contribution in [0.2, 0.25) is 0 Å². The Balaban J connectivity index is 2.63. The van der Waals surface area contributed by atoms with Crippen molar-refractivity contribution in [3.8, 4) is 6.07 Å². The van der Waals surface area contributed by atoms with Gasteiger partial charge in [-0.3, -0.25) is 0 Å². The second kappa shape index (κ2) is 5.29. The van der Waals surface area contributed by atoms with Gasteiger partial charge in [-0.25, -0.2) is 0 Å². The maximum Gasteiger partial charge on any atom is 0.0992 e. The summed E-state index contributed by atoms with van der Waals surface area (Å²) in [5, 5.41) is 12.1. The van der Waals surface area contributed by atoms with Gasteiger partial charge in [0.15, 0.2) is 0 Å². The van der Waals surface area contributed by atoms with Gasteiger partial charge in [0.1, 0.15) is 0 Å². The highest BCUT2D eigenvalue weighted by molar-refractivity contribution is 5.49. The van der Waals surface area contributed by atoms with Gasteiger partial charge in [0.2, 0.25) is 0 Å². The standard InChI is InChI=1S/C12H16N2/c1-3-5-10(2)14-12-7-4-6-11(8-12)9-13/h4,6-8,10,14H,3,5H2,1-2H3/t10-/m0/s1. The zero-order chi connectivity index (χ0) is 10.4. The van der Waals surface area contributed by atoms with E-state index in [9.17, 15) is 0 Å². The molecule has 2 heteroatoms. The topological polar surface area (TPSA) is 35.8 Å². The molecule has 0 saturated carbocycles. The fraction of sp³-hybridized carbons (Fsp3) is 0.417. The van der Waals surface area contributed by atoms with Gasteiger partial charge < -0.3 is 5.32 Å². The lowest BCUT2D eigenvalue weighted by molar-refractivity contribution is 0.690. The van der Waals surface area contributed by atoms with Crippen molar-refractivity contribution in [3.05, 3.63) is 29.8 Å². The predicted octanol–water partition coefficient (Wildman–Crippen LogP) is 3.16. The first kappa shape index (κ1) is 10.6. The Kier molecular flexibility index (Phi) is 4.00. The van der Waals surface area contributed by atoms with Crippen LogP contribution in [0.3, 0.4) is 0 Å². The highest BCUT2D eigenvalue weighted by Crippen LogP contribution is 2.12. The van der Waals surface area contributed by atoms with Crippen molar-refractivity contribution < 1.29 is 0 Å². The average molecular weight is 188 g/mol. The smallest absolute Gasteiger partial charge is 0.0992 e. The molecule has 0 unspecified atom stereocenters. The minimum atomic E-state index is 0.467. The zero-order valence-corrected chi connectivity index (χ0v) is 8.75. The minimum absolute atomic E-state index is 0.467. The van der Waals surface area contributed by atoms with Crippen LogP contribution in [0.25, 0.3) is 0 Å². The fourth-order valence-electron chi connectivity index (χ4n) is 1.47. The quantitative estimate of drug-likeness (QED) is 0.787. The molecule has 1 N–H and O–H groups in total. The van der Waals surface area contributed by atoms with Crippen LogP contribution >= 0.6 is 0 Å². The Labute approximate surface area is 85.6 Å². The molecule has 0 saturated heterocycles. The zero-order valence-electron chi connectivity index (χ0n) is 8.75. The number of nitrogens with zero attached hydrogens (tertiary/aromatic N) is 1. The summed E-state index contributed by atoms with van der Waals surface area (Å²) >= 11 is 0. The first-order valence-corrected chi connectivity index (χ1v) is 5.03. The lowest BCUT2D eigenvalue weighted by Crippen LogP contribution is -2.14. The molecule has 0 heterocycles. The van der Waals surface area contributed by atoms with Crippen LogP contribution in [0.4, 0.5) is 5.69 Å². The Morgan fingerprint density at radius 1 is 1.50 bits per heavy atom. The minimum Gasteiger partial charge on any atom is -0.383 e. The summed E-state index contributed by atoms with van der Waals surface area (Å²) in [5.74, 6) is 0. The molecule has 0 bridgehead atoms. The normalized spacial score (nSPS) is 11.8. The van der Waals surface area contributed by atoms with Gasteiger partial charge in [-0.2, -0.15) is 5.26 Å². The van der Waals surface area contributed by atoms with E-state index in [2.05, 4.69) is 25.2 Å². The summed E-state index contributed by atoms with van der Waals surface area (Å²) in [5.41, 5.74) is 1.74. The average Bonchev–Trinajstić information content (AvgIpc) is 2.18. The molecule has 0 aliphatic carbocycles. The summed E-state index contributed by atoms with van der Waals surface area (Å²) < 4.78 is 0. The molecule has 1 rings (SSSR count). The molecule has 1 aromatic rings. The molecule has 0 aromatic heterocycles. The monoisotopic (exact) mass is 188 g/mol. The highest BCUT2D eigenvalue weighted by Gasteiger charge is 2.00. The molecule has 0 amide bonds. The Bertz CT molecular complexity index is 325. The number of benzene rings is 1. The molecule has 1 atom stereocenters. The van der Waals surface area contributed by atoms with Crippen LogP contribution in [0.1, 0.15) is 32.3 Å². The van der Waals surface area contributed by atoms with Gasteiger partial charge in [0, 0.05) is 11.7 Å². The maximum absolute atomic E-state index is 8.72. The molecule has 1 aromatic carbocycles. The second-order valence-electron chi connectivity index (χ2n) is 3.53. The van der Waals surface area contributed by atoms with Gasteiger partial charge in [-0.1, -0.05) is 19.4 Å². The molecule has 0 aliphatic rings. The van der Waals surface area contributed by atoms with Crippen molar-refractivity contribution >= 4 is 5.69 Å². The number of hydrogen-bond donors (Lipinski definition) is 1. The molecule has 0 fully saturated rings. The van der Waals surface area contributed by atoms with Crippen LogP contribution in [0.15, 0.2) is 24.3 Å². The Morgan fingerprint density at radius 3 is 2.93 bits per heavy atom. The van der Waals surface area contributed by atoms with Gasteiger partial charge in [0.25, 0.3) is 0 Å². The largest absolute Gasteiger partial charge is 0.383 e. The third-order valence-electron chi connectivity index (χ3n) is 2.13. The summed E-state index contributed by atoms with van der Waals surface area (Å²) in [6.07, 6.45) is 2.32. The fourth-order valence-corrected chi connectivity index (χ4v) is 1.47. The molecule has 0 spiro atoms. The number of nitriles is 1. The molecule has 74 valence electrons. The summed E-state index contributed by atoms with van der Waals surface area (Å²) in [4.78, 5) is 0. The SMILES string of the molecule is CCC[C@H](C)Nc1cccc(C#N)c1.